The van der Waals surface area contributed by atoms with Gasteiger partial charge in [-0.25, -0.2) is 9.78 Å². The maximum Gasteiger partial charge on any atom is 0.407 e. The number of ether oxygens (including phenoxy) is 1. The maximum absolute atomic E-state index is 11.8. The Kier molecular flexibility index (Phi) is 5.77. The molecule has 0 unspecified atom stereocenters. The Morgan fingerprint density at radius 3 is 2.88 bits per heavy atom. The van der Waals surface area contributed by atoms with E-state index in [1.54, 1.807) is 6.07 Å². The fourth-order valence-electron chi connectivity index (χ4n) is 2.44. The summed E-state index contributed by atoms with van der Waals surface area (Å²) < 4.78 is 5.14. The summed E-state index contributed by atoms with van der Waals surface area (Å²) >= 11 is 0. The smallest absolute Gasteiger partial charge is 0.407 e. The molecule has 1 amide bonds. The highest BCUT2D eigenvalue weighted by molar-refractivity contribution is 5.80. The van der Waals surface area contributed by atoms with Gasteiger partial charge >= 0.3 is 6.09 Å². The second-order valence-electron chi connectivity index (χ2n) is 5.69. The number of aromatic amines is 1. The standard InChI is InChI=1S/C20H19N3O3/c24-19-17-12-15(9-10-18(17)22-14-23-19)6-4-5-11-21-20(25)26-13-16-7-2-1-3-8-16/h1-4,6-10,12,14H,5,11,13H2,(H,21,25)(H,22,23,24). The number of rotatable bonds is 6. The first kappa shape index (κ1) is 17.4. The third kappa shape index (κ3) is 4.80. The summed E-state index contributed by atoms with van der Waals surface area (Å²) in [6.45, 7) is 0.724. The zero-order valence-electron chi connectivity index (χ0n) is 14.1. The molecule has 0 aliphatic rings. The van der Waals surface area contributed by atoms with Crippen LogP contribution in [0.15, 0.2) is 65.7 Å². The van der Waals surface area contributed by atoms with Gasteiger partial charge in [0.1, 0.15) is 6.61 Å². The van der Waals surface area contributed by atoms with Gasteiger partial charge in [-0.3, -0.25) is 4.79 Å². The summed E-state index contributed by atoms with van der Waals surface area (Å²) in [4.78, 5) is 30.1. The summed E-state index contributed by atoms with van der Waals surface area (Å²) in [5.74, 6) is 0. The molecule has 0 spiro atoms. The first-order valence-corrected chi connectivity index (χ1v) is 8.31. The minimum Gasteiger partial charge on any atom is -0.445 e. The average Bonchev–Trinajstić information content (AvgIpc) is 2.67. The van der Waals surface area contributed by atoms with E-state index in [9.17, 15) is 9.59 Å². The highest BCUT2D eigenvalue weighted by Gasteiger charge is 2.01. The normalized spacial score (nSPS) is 10.9. The summed E-state index contributed by atoms with van der Waals surface area (Å²) in [6, 6.07) is 15.0. The van der Waals surface area contributed by atoms with E-state index in [4.69, 9.17) is 4.74 Å². The molecule has 26 heavy (non-hydrogen) atoms. The number of carbonyl (C=O) groups excluding carboxylic acids is 1. The van der Waals surface area contributed by atoms with Crippen LogP contribution in [0.1, 0.15) is 17.5 Å². The molecule has 1 heterocycles. The number of hydrogen-bond acceptors (Lipinski definition) is 4. The van der Waals surface area contributed by atoms with Gasteiger partial charge in [0.15, 0.2) is 0 Å². The van der Waals surface area contributed by atoms with Crippen LogP contribution >= 0.6 is 0 Å². The molecule has 1 aromatic heterocycles. The predicted molar refractivity (Wildman–Crippen MR) is 101 cm³/mol. The fraction of sp³-hybridized carbons (Fsp3) is 0.150. The van der Waals surface area contributed by atoms with Crippen molar-refractivity contribution in [1.82, 2.24) is 15.3 Å². The van der Waals surface area contributed by atoms with Crippen LogP contribution in [-0.2, 0) is 11.3 Å². The second kappa shape index (κ2) is 8.62. The Balaban J connectivity index is 1.44. The summed E-state index contributed by atoms with van der Waals surface area (Å²) in [7, 11) is 0. The molecule has 6 heteroatoms. The lowest BCUT2D eigenvalue weighted by molar-refractivity contribution is 0.140. The van der Waals surface area contributed by atoms with Crippen molar-refractivity contribution in [3.8, 4) is 0 Å². The van der Waals surface area contributed by atoms with Crippen molar-refractivity contribution in [1.29, 1.82) is 0 Å². The topological polar surface area (TPSA) is 84.1 Å². The molecule has 0 radical (unpaired) electrons. The van der Waals surface area contributed by atoms with Gasteiger partial charge in [0, 0.05) is 6.54 Å². The summed E-state index contributed by atoms with van der Waals surface area (Å²) in [5, 5.41) is 3.25. The van der Waals surface area contributed by atoms with Crippen LogP contribution in [0.2, 0.25) is 0 Å². The van der Waals surface area contributed by atoms with Crippen LogP contribution < -0.4 is 10.9 Å². The first-order valence-electron chi connectivity index (χ1n) is 8.31. The van der Waals surface area contributed by atoms with E-state index in [0.29, 0.717) is 23.9 Å². The molecule has 0 bridgehead atoms. The maximum atomic E-state index is 11.8. The molecular formula is C20H19N3O3. The lowest BCUT2D eigenvalue weighted by Crippen LogP contribution is -2.24. The molecule has 3 rings (SSSR count). The number of fused-ring (bicyclic) bond motifs is 1. The van der Waals surface area contributed by atoms with Crippen molar-refractivity contribution in [3.63, 3.8) is 0 Å². The Morgan fingerprint density at radius 1 is 1.19 bits per heavy atom. The number of hydrogen-bond donors (Lipinski definition) is 2. The molecule has 0 aliphatic carbocycles. The molecule has 0 saturated heterocycles. The van der Waals surface area contributed by atoms with Gasteiger partial charge < -0.3 is 15.0 Å². The van der Waals surface area contributed by atoms with Crippen LogP contribution in [0.25, 0.3) is 17.0 Å². The van der Waals surface area contributed by atoms with E-state index >= 15 is 0 Å². The number of nitrogens with zero attached hydrogens (tertiary/aromatic N) is 1. The van der Waals surface area contributed by atoms with Gasteiger partial charge in [0.05, 0.1) is 17.2 Å². The molecule has 2 aromatic carbocycles. The quantitative estimate of drug-likeness (QED) is 0.669. The van der Waals surface area contributed by atoms with Crippen molar-refractivity contribution in [2.75, 3.05) is 6.54 Å². The Morgan fingerprint density at radius 2 is 2.04 bits per heavy atom. The van der Waals surface area contributed by atoms with Crippen LogP contribution in [0, 0.1) is 0 Å². The molecule has 2 N–H and O–H groups in total. The van der Waals surface area contributed by atoms with Crippen molar-refractivity contribution in [2.24, 2.45) is 0 Å². The van der Waals surface area contributed by atoms with E-state index in [-0.39, 0.29) is 12.2 Å². The molecule has 0 atom stereocenters. The van der Waals surface area contributed by atoms with E-state index in [0.717, 1.165) is 11.1 Å². The Hall–Kier alpha value is -3.41. The molecule has 6 nitrogen and oxygen atoms in total. The number of aromatic nitrogens is 2. The van der Waals surface area contributed by atoms with E-state index in [1.807, 2.05) is 54.6 Å². The molecule has 0 fully saturated rings. The van der Waals surface area contributed by atoms with Crippen LogP contribution in [-0.4, -0.2) is 22.6 Å². The van der Waals surface area contributed by atoms with Gasteiger partial charge in [0.2, 0.25) is 0 Å². The average molecular weight is 349 g/mol. The summed E-state index contributed by atoms with van der Waals surface area (Å²) in [5.41, 5.74) is 2.35. The van der Waals surface area contributed by atoms with Crippen LogP contribution in [0.3, 0.4) is 0 Å². The van der Waals surface area contributed by atoms with Gasteiger partial charge in [-0.15, -0.1) is 0 Å². The largest absolute Gasteiger partial charge is 0.445 e. The van der Waals surface area contributed by atoms with Gasteiger partial charge in [-0.1, -0.05) is 48.6 Å². The minimum absolute atomic E-state index is 0.159. The van der Waals surface area contributed by atoms with Crippen molar-refractivity contribution in [3.05, 3.63) is 82.4 Å². The van der Waals surface area contributed by atoms with Crippen molar-refractivity contribution < 1.29 is 9.53 Å². The zero-order chi connectivity index (χ0) is 18.2. The van der Waals surface area contributed by atoms with Gasteiger partial charge in [0.25, 0.3) is 5.56 Å². The van der Waals surface area contributed by atoms with E-state index in [2.05, 4.69) is 15.3 Å². The van der Waals surface area contributed by atoms with Crippen molar-refractivity contribution in [2.45, 2.75) is 13.0 Å². The number of nitrogens with one attached hydrogen (secondary N) is 2. The molecular weight excluding hydrogens is 330 g/mol. The van der Waals surface area contributed by atoms with Gasteiger partial charge in [-0.05, 0) is 29.7 Å². The molecule has 3 aromatic rings. The third-order valence-electron chi connectivity index (χ3n) is 3.77. The minimum atomic E-state index is -0.439. The van der Waals surface area contributed by atoms with Crippen LogP contribution in [0.5, 0.6) is 0 Å². The van der Waals surface area contributed by atoms with Gasteiger partial charge in [-0.2, -0.15) is 0 Å². The van der Waals surface area contributed by atoms with Crippen LogP contribution in [0.4, 0.5) is 4.79 Å². The van der Waals surface area contributed by atoms with E-state index in [1.165, 1.54) is 6.33 Å². The first-order chi connectivity index (χ1) is 12.7. The number of alkyl carbamates (subject to hydrolysis) is 1. The number of H-pyrrole nitrogens is 1. The highest BCUT2D eigenvalue weighted by atomic mass is 16.5. The lowest BCUT2D eigenvalue weighted by Gasteiger charge is -2.05. The molecule has 0 saturated carbocycles. The third-order valence-corrected chi connectivity index (χ3v) is 3.77. The zero-order valence-corrected chi connectivity index (χ0v) is 14.1. The summed E-state index contributed by atoms with van der Waals surface area (Å²) in [6.07, 6.45) is 5.45. The molecule has 0 aliphatic heterocycles. The highest BCUT2D eigenvalue weighted by Crippen LogP contribution is 2.11. The predicted octanol–water partition coefficient (Wildman–Crippen LogP) is 3.25. The number of benzene rings is 2. The monoisotopic (exact) mass is 349 g/mol. The fourth-order valence-corrected chi connectivity index (χ4v) is 2.44. The second-order valence-corrected chi connectivity index (χ2v) is 5.69. The number of amides is 1. The number of carbonyl (C=O) groups is 1. The SMILES string of the molecule is O=C(NCCC=Cc1ccc2nc[nH]c(=O)c2c1)OCc1ccccc1. The van der Waals surface area contributed by atoms with E-state index < -0.39 is 6.09 Å². The van der Waals surface area contributed by atoms with Crippen molar-refractivity contribution >= 4 is 23.1 Å². The Bertz CT molecular complexity index is 965. The Labute approximate surface area is 150 Å². The lowest BCUT2D eigenvalue weighted by atomic mass is 10.1. The molecule has 132 valence electrons.